The lowest BCUT2D eigenvalue weighted by molar-refractivity contribution is 0.573. The van der Waals surface area contributed by atoms with Gasteiger partial charge in [0, 0.05) is 10.7 Å². The predicted molar refractivity (Wildman–Crippen MR) is 46.4 cm³/mol. The van der Waals surface area contributed by atoms with Crippen molar-refractivity contribution >= 4 is 29.6 Å². The maximum absolute atomic E-state index is 11.0. The first-order chi connectivity index (χ1) is 5.22. The molecule has 0 spiro atoms. The molecular weight excluding hydrogens is 224 g/mol. The quantitative estimate of drug-likeness (QED) is 0.597. The van der Waals surface area contributed by atoms with E-state index in [-0.39, 0.29) is 11.5 Å². The van der Waals surface area contributed by atoms with E-state index in [1.165, 1.54) is 0 Å². The molecule has 0 aliphatic carbocycles. The predicted octanol–water partition coefficient (Wildman–Crippen LogP) is -0.0119. The maximum atomic E-state index is 11.0. The van der Waals surface area contributed by atoms with Gasteiger partial charge in [-0.15, -0.1) is 0 Å². The third-order valence-electron chi connectivity index (χ3n) is 1.93. The van der Waals surface area contributed by atoms with Crippen molar-refractivity contribution in [2.24, 2.45) is 5.92 Å². The Labute approximate surface area is 76.3 Å². The molecule has 0 aromatic carbocycles. The van der Waals surface area contributed by atoms with Crippen molar-refractivity contribution in [3.8, 4) is 0 Å². The van der Waals surface area contributed by atoms with Crippen molar-refractivity contribution in [3.05, 3.63) is 0 Å². The number of hydrogen-bond acceptors (Lipinski definition) is 4. The summed E-state index contributed by atoms with van der Waals surface area (Å²) >= 11 is 0. The molecule has 0 saturated carbocycles. The summed E-state index contributed by atoms with van der Waals surface area (Å²) in [5, 5.41) is -0.927. The van der Waals surface area contributed by atoms with E-state index in [4.69, 9.17) is 10.7 Å². The van der Waals surface area contributed by atoms with Gasteiger partial charge in [-0.3, -0.25) is 0 Å². The van der Waals surface area contributed by atoms with Crippen LogP contribution in [0.5, 0.6) is 0 Å². The minimum Gasteiger partial charge on any atom is -0.229 e. The van der Waals surface area contributed by atoms with Crippen molar-refractivity contribution in [3.63, 3.8) is 0 Å². The van der Waals surface area contributed by atoms with E-state index in [0.29, 0.717) is 0 Å². The van der Waals surface area contributed by atoms with E-state index in [0.717, 1.165) is 0 Å². The van der Waals surface area contributed by atoms with Crippen LogP contribution in [0.4, 0.5) is 0 Å². The molecular formula is C5H9ClO4S2. The first-order valence-electron chi connectivity index (χ1n) is 3.36. The van der Waals surface area contributed by atoms with Crippen molar-refractivity contribution in [1.29, 1.82) is 0 Å². The SMILES string of the molecule is C[C@H]1CS(=O)(=O)C[C@@H]1S(=O)(=O)Cl. The number of hydrogen-bond donors (Lipinski definition) is 0. The van der Waals surface area contributed by atoms with Gasteiger partial charge in [-0.25, -0.2) is 16.8 Å². The van der Waals surface area contributed by atoms with Gasteiger partial charge >= 0.3 is 0 Å². The Kier molecular flexibility index (Phi) is 2.44. The van der Waals surface area contributed by atoms with E-state index in [1.807, 2.05) is 0 Å². The highest BCUT2D eigenvalue weighted by Gasteiger charge is 2.41. The fourth-order valence-corrected chi connectivity index (χ4v) is 6.38. The lowest BCUT2D eigenvalue weighted by atomic mass is 10.2. The molecule has 0 aromatic rings. The normalized spacial score (nSPS) is 35.2. The summed E-state index contributed by atoms with van der Waals surface area (Å²) in [4.78, 5) is 0. The molecule has 4 nitrogen and oxygen atoms in total. The molecule has 0 unspecified atom stereocenters. The minimum atomic E-state index is -3.73. The summed E-state index contributed by atoms with van der Waals surface area (Å²) in [6, 6.07) is 0. The second-order valence-corrected chi connectivity index (χ2v) is 8.07. The molecule has 7 heteroatoms. The Hall–Kier alpha value is 0.190. The molecule has 0 amide bonds. The molecule has 0 bridgehead atoms. The highest BCUT2D eigenvalue weighted by molar-refractivity contribution is 8.14. The lowest BCUT2D eigenvalue weighted by Crippen LogP contribution is -2.23. The summed E-state index contributed by atoms with van der Waals surface area (Å²) < 4.78 is 43.6. The first kappa shape index (κ1) is 10.3. The van der Waals surface area contributed by atoms with Gasteiger partial charge < -0.3 is 0 Å². The summed E-state index contributed by atoms with van der Waals surface area (Å²) in [6.07, 6.45) is 0. The Morgan fingerprint density at radius 2 is 1.83 bits per heavy atom. The fraction of sp³-hybridized carbons (Fsp3) is 1.00. The molecule has 72 valence electrons. The Balaban J connectivity index is 3.01. The van der Waals surface area contributed by atoms with E-state index in [1.54, 1.807) is 6.92 Å². The van der Waals surface area contributed by atoms with Gasteiger partial charge in [-0.2, -0.15) is 0 Å². The van der Waals surface area contributed by atoms with Gasteiger partial charge in [0.25, 0.3) is 0 Å². The molecule has 1 aliphatic heterocycles. The molecule has 1 aliphatic rings. The lowest BCUT2D eigenvalue weighted by Gasteiger charge is -2.07. The summed E-state index contributed by atoms with van der Waals surface area (Å²) in [5.41, 5.74) is 0. The van der Waals surface area contributed by atoms with E-state index < -0.39 is 30.1 Å². The molecule has 0 aromatic heterocycles. The first-order valence-corrected chi connectivity index (χ1v) is 7.56. The average molecular weight is 233 g/mol. The van der Waals surface area contributed by atoms with E-state index in [9.17, 15) is 16.8 Å². The van der Waals surface area contributed by atoms with Crippen molar-refractivity contribution < 1.29 is 16.8 Å². The van der Waals surface area contributed by atoms with Gasteiger partial charge in [-0.1, -0.05) is 6.92 Å². The fourth-order valence-electron chi connectivity index (χ4n) is 1.35. The third-order valence-corrected chi connectivity index (χ3v) is 6.08. The van der Waals surface area contributed by atoms with Gasteiger partial charge in [0.05, 0.1) is 16.8 Å². The van der Waals surface area contributed by atoms with Crippen LogP contribution in [0, 0.1) is 5.92 Å². The van der Waals surface area contributed by atoms with Gasteiger partial charge in [0.1, 0.15) is 0 Å². The second kappa shape index (κ2) is 2.85. The topological polar surface area (TPSA) is 68.3 Å². The summed E-state index contributed by atoms with van der Waals surface area (Å²) in [7, 11) is -1.85. The molecule has 2 atom stereocenters. The zero-order valence-corrected chi connectivity index (χ0v) is 8.79. The van der Waals surface area contributed by atoms with E-state index >= 15 is 0 Å². The highest BCUT2D eigenvalue weighted by Crippen LogP contribution is 2.26. The van der Waals surface area contributed by atoms with Crippen LogP contribution >= 0.6 is 10.7 Å². The van der Waals surface area contributed by atoms with Crippen LogP contribution in [-0.2, 0) is 18.9 Å². The zero-order valence-electron chi connectivity index (χ0n) is 6.40. The van der Waals surface area contributed by atoms with Gasteiger partial charge in [0.15, 0.2) is 9.84 Å². The molecule has 12 heavy (non-hydrogen) atoms. The van der Waals surface area contributed by atoms with Gasteiger partial charge in [0.2, 0.25) is 9.05 Å². The third kappa shape index (κ3) is 2.11. The van der Waals surface area contributed by atoms with Crippen LogP contribution in [0.3, 0.4) is 0 Å². The van der Waals surface area contributed by atoms with Crippen molar-refractivity contribution in [1.82, 2.24) is 0 Å². The molecule has 1 rings (SSSR count). The minimum absolute atomic E-state index is 0.0797. The number of sulfone groups is 1. The van der Waals surface area contributed by atoms with Crippen molar-refractivity contribution in [2.75, 3.05) is 11.5 Å². The molecule has 0 N–H and O–H groups in total. The van der Waals surface area contributed by atoms with Gasteiger partial charge in [-0.05, 0) is 5.92 Å². The van der Waals surface area contributed by atoms with Crippen LogP contribution < -0.4 is 0 Å². The molecule has 1 saturated heterocycles. The smallest absolute Gasteiger partial charge is 0.229 e. The largest absolute Gasteiger partial charge is 0.236 e. The van der Waals surface area contributed by atoms with Crippen LogP contribution in [0.1, 0.15) is 6.92 Å². The summed E-state index contributed by atoms with van der Waals surface area (Å²) in [5.74, 6) is -0.804. The standard InChI is InChI=1S/C5H9ClO4S2/c1-4-2-11(7,8)3-5(4)12(6,9)10/h4-5H,2-3H2,1H3/t4-,5-/m0/s1. The van der Waals surface area contributed by atoms with E-state index in [2.05, 4.69) is 0 Å². The number of halogens is 1. The van der Waals surface area contributed by atoms with Crippen LogP contribution in [-0.4, -0.2) is 33.6 Å². The Morgan fingerprint density at radius 3 is 2.00 bits per heavy atom. The zero-order chi connectivity index (χ0) is 9.57. The average Bonchev–Trinajstić information content (AvgIpc) is 2.03. The second-order valence-electron chi connectivity index (χ2n) is 3.07. The van der Waals surface area contributed by atoms with Crippen LogP contribution in [0.25, 0.3) is 0 Å². The number of rotatable bonds is 1. The van der Waals surface area contributed by atoms with Crippen molar-refractivity contribution in [2.45, 2.75) is 12.2 Å². The molecule has 1 fully saturated rings. The Bertz CT molecular complexity index is 368. The summed E-state index contributed by atoms with van der Waals surface area (Å²) in [6.45, 7) is 1.58. The Morgan fingerprint density at radius 1 is 1.33 bits per heavy atom. The molecule has 1 heterocycles. The molecule has 0 radical (unpaired) electrons. The van der Waals surface area contributed by atoms with Crippen LogP contribution in [0.15, 0.2) is 0 Å². The van der Waals surface area contributed by atoms with Crippen LogP contribution in [0.2, 0.25) is 0 Å². The monoisotopic (exact) mass is 232 g/mol. The highest BCUT2D eigenvalue weighted by atomic mass is 35.7. The maximum Gasteiger partial charge on any atom is 0.236 e.